The first-order valence-corrected chi connectivity index (χ1v) is 5.39. The number of rotatable bonds is 5. The highest BCUT2D eigenvalue weighted by Crippen LogP contribution is 2.11. The molecule has 0 aliphatic rings. The van der Waals surface area contributed by atoms with Crippen LogP contribution in [-0.2, 0) is 4.79 Å². The molecule has 1 aromatic carbocycles. The third-order valence-corrected chi connectivity index (χ3v) is 2.09. The van der Waals surface area contributed by atoms with Crippen molar-refractivity contribution in [2.24, 2.45) is 0 Å². The molecule has 0 aliphatic heterocycles. The fourth-order valence-electron chi connectivity index (χ4n) is 1.24. The molecule has 2 amide bonds. The van der Waals surface area contributed by atoms with Gasteiger partial charge < -0.3 is 15.4 Å². The van der Waals surface area contributed by atoms with Crippen LogP contribution in [0.2, 0.25) is 0 Å². The molecule has 0 atom stereocenters. The maximum atomic E-state index is 11.3. The molecule has 1 aromatic rings. The second kappa shape index (κ2) is 6.52. The summed E-state index contributed by atoms with van der Waals surface area (Å²) in [7, 11) is 1.57. The van der Waals surface area contributed by atoms with Crippen molar-refractivity contribution in [3.8, 4) is 5.75 Å². The summed E-state index contributed by atoms with van der Waals surface area (Å²) in [6, 6.07) is 6.60. The second-order valence-corrected chi connectivity index (χ2v) is 3.35. The number of nitrogens with one attached hydrogen (secondary N) is 2. The summed E-state index contributed by atoms with van der Waals surface area (Å²) >= 11 is 0. The Hall–Kier alpha value is -2.04. The average molecular weight is 236 g/mol. The molecule has 0 saturated carbocycles. The van der Waals surface area contributed by atoms with Crippen molar-refractivity contribution < 1.29 is 14.3 Å². The number of carbonyl (C=O) groups excluding carboxylic acids is 2. The lowest BCUT2D eigenvalue weighted by atomic mass is 10.2. The topological polar surface area (TPSA) is 67.4 Å². The van der Waals surface area contributed by atoms with Gasteiger partial charge in [-0.05, 0) is 31.2 Å². The number of amides is 2. The standard InChI is InChI=1S/C12H16N2O3/c1-3-14-11(15)8-17-10-6-4-9(5-7-10)12(16)13-2/h4-7H,3,8H2,1-2H3,(H,13,16)(H,14,15). The van der Waals surface area contributed by atoms with E-state index in [1.165, 1.54) is 0 Å². The molecular weight excluding hydrogens is 220 g/mol. The molecule has 0 radical (unpaired) electrons. The lowest BCUT2D eigenvalue weighted by molar-refractivity contribution is -0.122. The van der Waals surface area contributed by atoms with Gasteiger partial charge in [0.1, 0.15) is 5.75 Å². The number of hydrogen-bond acceptors (Lipinski definition) is 3. The van der Waals surface area contributed by atoms with Gasteiger partial charge in [0.15, 0.2) is 6.61 Å². The van der Waals surface area contributed by atoms with E-state index in [0.717, 1.165) is 0 Å². The number of ether oxygens (including phenoxy) is 1. The van der Waals surface area contributed by atoms with Crippen LogP contribution in [0, 0.1) is 0 Å². The van der Waals surface area contributed by atoms with Crippen molar-refractivity contribution in [2.45, 2.75) is 6.92 Å². The van der Waals surface area contributed by atoms with Crippen molar-refractivity contribution in [1.29, 1.82) is 0 Å². The summed E-state index contributed by atoms with van der Waals surface area (Å²) in [6.07, 6.45) is 0. The number of carbonyl (C=O) groups is 2. The summed E-state index contributed by atoms with van der Waals surface area (Å²) in [5, 5.41) is 5.15. The maximum absolute atomic E-state index is 11.3. The smallest absolute Gasteiger partial charge is 0.257 e. The highest BCUT2D eigenvalue weighted by atomic mass is 16.5. The highest BCUT2D eigenvalue weighted by Gasteiger charge is 2.04. The molecule has 0 heterocycles. The summed E-state index contributed by atoms with van der Waals surface area (Å²) in [4.78, 5) is 22.4. The molecule has 2 N–H and O–H groups in total. The summed E-state index contributed by atoms with van der Waals surface area (Å²) in [5.41, 5.74) is 0.554. The van der Waals surface area contributed by atoms with Crippen molar-refractivity contribution >= 4 is 11.8 Å². The third kappa shape index (κ3) is 4.14. The fraction of sp³-hybridized carbons (Fsp3) is 0.333. The van der Waals surface area contributed by atoms with Gasteiger partial charge >= 0.3 is 0 Å². The van der Waals surface area contributed by atoms with Crippen LogP contribution >= 0.6 is 0 Å². The van der Waals surface area contributed by atoms with Crippen LogP contribution in [0.25, 0.3) is 0 Å². The molecule has 0 saturated heterocycles. The molecule has 0 spiro atoms. The molecule has 1 rings (SSSR count). The van der Waals surface area contributed by atoms with E-state index in [9.17, 15) is 9.59 Å². The molecular formula is C12H16N2O3. The Morgan fingerprint density at radius 3 is 2.41 bits per heavy atom. The minimum Gasteiger partial charge on any atom is -0.484 e. The largest absolute Gasteiger partial charge is 0.484 e. The minimum absolute atomic E-state index is 0.0207. The van der Waals surface area contributed by atoms with E-state index < -0.39 is 0 Å². The van der Waals surface area contributed by atoms with Crippen LogP contribution in [0.15, 0.2) is 24.3 Å². The molecule has 0 unspecified atom stereocenters. The Morgan fingerprint density at radius 2 is 1.88 bits per heavy atom. The van der Waals surface area contributed by atoms with E-state index >= 15 is 0 Å². The monoisotopic (exact) mass is 236 g/mol. The van der Waals surface area contributed by atoms with Crippen molar-refractivity contribution in [3.05, 3.63) is 29.8 Å². The molecule has 0 aromatic heterocycles. The summed E-state index contributed by atoms with van der Waals surface area (Å²) < 4.78 is 5.24. The number of hydrogen-bond donors (Lipinski definition) is 2. The molecule has 0 bridgehead atoms. The van der Waals surface area contributed by atoms with Crippen LogP contribution in [0.5, 0.6) is 5.75 Å². The lowest BCUT2D eigenvalue weighted by Crippen LogP contribution is -2.28. The van der Waals surface area contributed by atoms with Crippen LogP contribution in [-0.4, -0.2) is 32.0 Å². The molecule has 0 aliphatic carbocycles. The quantitative estimate of drug-likeness (QED) is 0.785. The Bertz CT molecular complexity index is 387. The zero-order chi connectivity index (χ0) is 12.7. The zero-order valence-electron chi connectivity index (χ0n) is 9.95. The van der Waals surface area contributed by atoms with E-state index in [-0.39, 0.29) is 18.4 Å². The van der Waals surface area contributed by atoms with E-state index in [0.29, 0.717) is 17.9 Å². The van der Waals surface area contributed by atoms with Crippen LogP contribution in [0.3, 0.4) is 0 Å². The SMILES string of the molecule is CCNC(=O)COc1ccc(C(=O)NC)cc1. The van der Waals surface area contributed by atoms with Crippen LogP contribution in [0.4, 0.5) is 0 Å². The first-order chi connectivity index (χ1) is 8.17. The molecule has 5 nitrogen and oxygen atoms in total. The van der Waals surface area contributed by atoms with Gasteiger partial charge in [-0.15, -0.1) is 0 Å². The van der Waals surface area contributed by atoms with Gasteiger partial charge in [-0.3, -0.25) is 9.59 Å². The van der Waals surface area contributed by atoms with Gasteiger partial charge in [0.2, 0.25) is 0 Å². The van der Waals surface area contributed by atoms with E-state index in [4.69, 9.17) is 4.74 Å². The van der Waals surface area contributed by atoms with Crippen LogP contribution < -0.4 is 15.4 Å². The minimum atomic E-state index is -0.164. The highest BCUT2D eigenvalue weighted by molar-refractivity contribution is 5.94. The van der Waals surface area contributed by atoms with Crippen molar-refractivity contribution in [1.82, 2.24) is 10.6 Å². The third-order valence-electron chi connectivity index (χ3n) is 2.09. The van der Waals surface area contributed by atoms with Gasteiger partial charge in [0.25, 0.3) is 11.8 Å². The Kier molecular flexibility index (Phi) is 5.00. The maximum Gasteiger partial charge on any atom is 0.257 e. The van der Waals surface area contributed by atoms with Crippen molar-refractivity contribution in [3.63, 3.8) is 0 Å². The molecule has 5 heteroatoms. The normalized spacial score (nSPS) is 9.53. The zero-order valence-corrected chi connectivity index (χ0v) is 9.95. The van der Waals surface area contributed by atoms with Gasteiger partial charge in [-0.2, -0.15) is 0 Å². The first-order valence-electron chi connectivity index (χ1n) is 5.39. The summed E-state index contributed by atoms with van der Waals surface area (Å²) in [5.74, 6) is 0.243. The fourth-order valence-corrected chi connectivity index (χ4v) is 1.24. The van der Waals surface area contributed by atoms with E-state index in [1.54, 1.807) is 31.3 Å². The average Bonchev–Trinajstić information content (AvgIpc) is 2.36. The summed E-state index contributed by atoms with van der Waals surface area (Å²) in [6.45, 7) is 2.40. The van der Waals surface area contributed by atoms with Crippen LogP contribution in [0.1, 0.15) is 17.3 Å². The van der Waals surface area contributed by atoms with Gasteiger partial charge in [0, 0.05) is 19.2 Å². The predicted molar refractivity (Wildman–Crippen MR) is 64.0 cm³/mol. The van der Waals surface area contributed by atoms with Gasteiger partial charge in [-0.25, -0.2) is 0 Å². The Labute approximate surface area is 100 Å². The van der Waals surface area contributed by atoms with E-state index in [1.807, 2.05) is 6.92 Å². The van der Waals surface area contributed by atoms with Gasteiger partial charge in [-0.1, -0.05) is 0 Å². The Morgan fingerprint density at radius 1 is 1.24 bits per heavy atom. The number of likely N-dealkylation sites (N-methyl/N-ethyl adjacent to an activating group) is 1. The van der Waals surface area contributed by atoms with Crippen molar-refractivity contribution in [2.75, 3.05) is 20.2 Å². The first kappa shape index (κ1) is 13.0. The Balaban J connectivity index is 2.51. The van der Waals surface area contributed by atoms with E-state index in [2.05, 4.69) is 10.6 Å². The predicted octanol–water partition coefficient (Wildman–Crippen LogP) is 0.561. The van der Waals surface area contributed by atoms with Gasteiger partial charge in [0.05, 0.1) is 0 Å². The second-order valence-electron chi connectivity index (χ2n) is 3.35. The molecule has 92 valence electrons. The number of benzene rings is 1. The molecule has 0 fully saturated rings. The lowest BCUT2D eigenvalue weighted by Gasteiger charge is -2.06. The molecule has 17 heavy (non-hydrogen) atoms.